The first-order chi connectivity index (χ1) is 10.1. The van der Waals surface area contributed by atoms with Crippen LogP contribution in [0.3, 0.4) is 0 Å². The maximum Gasteiger partial charge on any atom is 0.250 e. The molecule has 0 aliphatic carbocycles. The van der Waals surface area contributed by atoms with Gasteiger partial charge in [0.05, 0.1) is 6.54 Å². The van der Waals surface area contributed by atoms with E-state index >= 15 is 0 Å². The van der Waals surface area contributed by atoms with Crippen LogP contribution in [0.5, 0.6) is 0 Å². The summed E-state index contributed by atoms with van der Waals surface area (Å²) in [6.45, 7) is 2.02. The Morgan fingerprint density at radius 2 is 2.05 bits per heavy atom. The van der Waals surface area contributed by atoms with Crippen molar-refractivity contribution in [2.45, 2.75) is 19.5 Å². The van der Waals surface area contributed by atoms with Crippen LogP contribution in [-0.2, 0) is 19.5 Å². The largest absolute Gasteiger partial charge is 0.308 e. The predicted octanol–water partition coefficient (Wildman–Crippen LogP) is 1.72. The van der Waals surface area contributed by atoms with Crippen LogP contribution < -0.4 is 5.56 Å². The first-order valence-corrected chi connectivity index (χ1v) is 7.12. The lowest BCUT2D eigenvalue weighted by molar-refractivity contribution is 0.0970. The normalized spacial score (nSPS) is 14.7. The smallest absolute Gasteiger partial charge is 0.250 e. The summed E-state index contributed by atoms with van der Waals surface area (Å²) >= 11 is 0. The zero-order chi connectivity index (χ0) is 14.8. The maximum absolute atomic E-state index is 12.4. The molecule has 1 aliphatic rings. The summed E-state index contributed by atoms with van der Waals surface area (Å²) in [6, 6.07) is 10.8. The van der Waals surface area contributed by atoms with Crippen LogP contribution in [0, 0.1) is 0 Å². The standard InChI is InChI=1S/C17H18N2O2/c1-18-9-7-13-5-6-14(10-15(13)11-18)16(20)12-19-8-3-2-4-17(19)21/h2-6,8,10H,7,9,11-12H2,1H3. The average Bonchev–Trinajstić information content (AvgIpc) is 2.48. The van der Waals surface area contributed by atoms with E-state index in [0.29, 0.717) is 5.56 Å². The summed E-state index contributed by atoms with van der Waals surface area (Å²) in [6.07, 6.45) is 2.67. The molecule has 108 valence electrons. The fourth-order valence-electron chi connectivity index (χ4n) is 2.71. The third-order valence-electron chi connectivity index (χ3n) is 3.94. The highest BCUT2D eigenvalue weighted by Gasteiger charge is 2.15. The van der Waals surface area contributed by atoms with Crippen molar-refractivity contribution >= 4 is 5.78 Å². The number of aromatic nitrogens is 1. The van der Waals surface area contributed by atoms with E-state index in [0.717, 1.165) is 19.5 Å². The Morgan fingerprint density at radius 3 is 2.86 bits per heavy atom. The quantitative estimate of drug-likeness (QED) is 0.805. The molecule has 1 aromatic carbocycles. The van der Waals surface area contributed by atoms with E-state index < -0.39 is 0 Å². The Morgan fingerprint density at radius 1 is 1.19 bits per heavy atom. The highest BCUT2D eigenvalue weighted by molar-refractivity contribution is 5.96. The molecule has 1 aromatic heterocycles. The minimum atomic E-state index is -0.149. The number of rotatable bonds is 3. The van der Waals surface area contributed by atoms with Crippen molar-refractivity contribution in [3.63, 3.8) is 0 Å². The van der Waals surface area contributed by atoms with Crippen LogP contribution in [-0.4, -0.2) is 28.8 Å². The molecule has 0 N–H and O–H groups in total. The molecule has 0 radical (unpaired) electrons. The first-order valence-electron chi connectivity index (χ1n) is 7.12. The summed E-state index contributed by atoms with van der Waals surface area (Å²) < 4.78 is 1.44. The molecule has 0 spiro atoms. The van der Waals surface area contributed by atoms with Gasteiger partial charge >= 0.3 is 0 Å². The third kappa shape index (κ3) is 2.95. The van der Waals surface area contributed by atoms with E-state index in [9.17, 15) is 9.59 Å². The van der Waals surface area contributed by atoms with Crippen molar-refractivity contribution in [3.8, 4) is 0 Å². The number of hydrogen-bond donors (Lipinski definition) is 0. The van der Waals surface area contributed by atoms with Gasteiger partial charge in [-0.1, -0.05) is 18.2 Å². The van der Waals surface area contributed by atoms with Gasteiger partial charge in [-0.05, 0) is 36.7 Å². The number of carbonyl (C=O) groups excluding carboxylic acids is 1. The number of Topliss-reactive ketones (excluding diaryl/α,β-unsaturated/α-hetero) is 1. The van der Waals surface area contributed by atoms with Gasteiger partial charge in [0.2, 0.25) is 0 Å². The second-order valence-corrected chi connectivity index (χ2v) is 5.56. The summed E-state index contributed by atoms with van der Waals surface area (Å²) in [7, 11) is 2.08. The van der Waals surface area contributed by atoms with Gasteiger partial charge in [-0.25, -0.2) is 0 Å². The third-order valence-corrected chi connectivity index (χ3v) is 3.94. The number of pyridine rings is 1. The molecule has 0 atom stereocenters. The second kappa shape index (κ2) is 5.66. The van der Waals surface area contributed by atoms with Gasteiger partial charge in [-0.15, -0.1) is 0 Å². The van der Waals surface area contributed by atoms with Crippen LogP contribution in [0.25, 0.3) is 0 Å². The zero-order valence-electron chi connectivity index (χ0n) is 12.1. The Kier molecular flexibility index (Phi) is 3.71. The molecule has 21 heavy (non-hydrogen) atoms. The number of hydrogen-bond acceptors (Lipinski definition) is 3. The minimum Gasteiger partial charge on any atom is -0.308 e. The predicted molar refractivity (Wildman–Crippen MR) is 81.5 cm³/mol. The van der Waals surface area contributed by atoms with E-state index in [-0.39, 0.29) is 17.9 Å². The molecule has 0 saturated carbocycles. The van der Waals surface area contributed by atoms with Gasteiger partial charge < -0.3 is 9.47 Å². The fourth-order valence-corrected chi connectivity index (χ4v) is 2.71. The Balaban J connectivity index is 1.84. The molecule has 2 aromatic rings. The molecule has 1 aliphatic heterocycles. The molecular weight excluding hydrogens is 264 g/mol. The van der Waals surface area contributed by atoms with Crippen molar-refractivity contribution in [2.75, 3.05) is 13.6 Å². The second-order valence-electron chi connectivity index (χ2n) is 5.56. The van der Waals surface area contributed by atoms with Crippen molar-refractivity contribution < 1.29 is 4.79 Å². The molecule has 4 heteroatoms. The van der Waals surface area contributed by atoms with E-state index in [1.807, 2.05) is 18.2 Å². The van der Waals surface area contributed by atoms with Crippen molar-refractivity contribution in [2.24, 2.45) is 0 Å². The van der Waals surface area contributed by atoms with Crippen LogP contribution >= 0.6 is 0 Å². The van der Waals surface area contributed by atoms with Gasteiger partial charge in [0, 0.05) is 30.9 Å². The zero-order valence-corrected chi connectivity index (χ0v) is 12.1. The molecule has 0 bridgehead atoms. The summed E-state index contributed by atoms with van der Waals surface area (Å²) in [5.74, 6) is -0.0284. The number of benzene rings is 1. The number of likely N-dealkylation sites (N-methyl/N-ethyl adjacent to an activating group) is 1. The summed E-state index contributed by atoms with van der Waals surface area (Å²) in [5, 5.41) is 0. The Bertz CT molecular complexity index is 734. The van der Waals surface area contributed by atoms with Crippen molar-refractivity contribution in [1.29, 1.82) is 0 Å². The topological polar surface area (TPSA) is 42.3 Å². The van der Waals surface area contributed by atoms with E-state index in [1.165, 1.54) is 21.8 Å². The Hall–Kier alpha value is -2.20. The summed E-state index contributed by atoms with van der Waals surface area (Å²) in [4.78, 5) is 26.3. The number of carbonyl (C=O) groups is 1. The molecular formula is C17H18N2O2. The lowest BCUT2D eigenvalue weighted by Crippen LogP contribution is -2.27. The average molecular weight is 282 g/mol. The van der Waals surface area contributed by atoms with Gasteiger partial charge in [0.15, 0.2) is 5.78 Å². The first kappa shape index (κ1) is 13.8. The number of ketones is 1. The van der Waals surface area contributed by atoms with E-state index in [4.69, 9.17) is 0 Å². The molecule has 0 fully saturated rings. The molecule has 3 rings (SSSR count). The minimum absolute atomic E-state index is 0.0284. The highest BCUT2D eigenvalue weighted by Crippen LogP contribution is 2.19. The monoisotopic (exact) mass is 282 g/mol. The van der Waals surface area contributed by atoms with Gasteiger partial charge in [-0.2, -0.15) is 0 Å². The fraction of sp³-hybridized carbons (Fsp3) is 0.294. The summed E-state index contributed by atoms with van der Waals surface area (Å²) in [5.41, 5.74) is 3.07. The molecule has 0 saturated heterocycles. The van der Waals surface area contributed by atoms with Crippen molar-refractivity contribution in [1.82, 2.24) is 9.47 Å². The lowest BCUT2D eigenvalue weighted by Gasteiger charge is -2.25. The van der Waals surface area contributed by atoms with E-state index in [1.54, 1.807) is 18.3 Å². The van der Waals surface area contributed by atoms with Crippen LogP contribution in [0.1, 0.15) is 21.5 Å². The lowest BCUT2D eigenvalue weighted by atomic mass is 9.96. The van der Waals surface area contributed by atoms with E-state index in [2.05, 4.69) is 11.9 Å². The van der Waals surface area contributed by atoms with Crippen molar-refractivity contribution in [3.05, 3.63) is 69.6 Å². The van der Waals surface area contributed by atoms with Gasteiger partial charge in [0.1, 0.15) is 0 Å². The number of nitrogens with zero attached hydrogens (tertiary/aromatic N) is 2. The Labute approximate surface area is 123 Å². The van der Waals surface area contributed by atoms with Crippen LogP contribution in [0.2, 0.25) is 0 Å². The molecule has 2 heterocycles. The molecule has 0 unspecified atom stereocenters. The highest BCUT2D eigenvalue weighted by atomic mass is 16.1. The molecule has 0 amide bonds. The van der Waals surface area contributed by atoms with Gasteiger partial charge in [0.25, 0.3) is 5.56 Å². The number of fused-ring (bicyclic) bond motifs is 1. The van der Waals surface area contributed by atoms with Gasteiger partial charge in [-0.3, -0.25) is 9.59 Å². The maximum atomic E-state index is 12.4. The SMILES string of the molecule is CN1CCc2ccc(C(=O)Cn3ccccc3=O)cc2C1. The van der Waals surface area contributed by atoms with Crippen LogP contribution in [0.15, 0.2) is 47.4 Å². The van der Waals surface area contributed by atoms with Crippen LogP contribution in [0.4, 0.5) is 0 Å². The molecule has 4 nitrogen and oxygen atoms in total.